The number of alkyl halides is 1. The van der Waals surface area contributed by atoms with Gasteiger partial charge in [0.1, 0.15) is 17.7 Å². The molecule has 8 heteroatoms. The lowest BCUT2D eigenvalue weighted by atomic mass is 9.80. The zero-order valence-corrected chi connectivity index (χ0v) is 15.8. The van der Waals surface area contributed by atoms with Gasteiger partial charge in [0.05, 0.1) is 6.54 Å². The highest BCUT2D eigenvalue weighted by Crippen LogP contribution is 2.36. The van der Waals surface area contributed by atoms with Crippen molar-refractivity contribution >= 4 is 22.8 Å². The van der Waals surface area contributed by atoms with E-state index in [9.17, 15) is 13.6 Å². The van der Waals surface area contributed by atoms with Crippen molar-refractivity contribution in [1.29, 1.82) is 0 Å². The van der Waals surface area contributed by atoms with Crippen molar-refractivity contribution in [2.24, 2.45) is 0 Å². The molecule has 1 unspecified atom stereocenters. The summed E-state index contributed by atoms with van der Waals surface area (Å²) in [6.45, 7) is 0.458. The highest BCUT2D eigenvalue weighted by Gasteiger charge is 2.26. The van der Waals surface area contributed by atoms with E-state index in [2.05, 4.69) is 21.5 Å². The Morgan fingerprint density at radius 2 is 2.07 bits per heavy atom. The van der Waals surface area contributed by atoms with Gasteiger partial charge in [0.25, 0.3) is 0 Å². The molecule has 0 bridgehead atoms. The van der Waals surface area contributed by atoms with Crippen LogP contribution in [0.3, 0.4) is 0 Å². The first-order valence-corrected chi connectivity index (χ1v) is 9.92. The zero-order chi connectivity index (χ0) is 20.0. The Bertz CT molecular complexity index is 1080. The van der Waals surface area contributed by atoms with Gasteiger partial charge in [-0.05, 0) is 55.0 Å². The van der Waals surface area contributed by atoms with Crippen LogP contribution in [-0.2, 0) is 0 Å². The molecule has 5 rings (SSSR count). The molecular weight excluding hydrogens is 376 g/mol. The highest BCUT2D eigenvalue weighted by molar-refractivity contribution is 5.90. The topological polar surface area (TPSA) is 63.1 Å². The average molecular weight is 397 g/mol. The van der Waals surface area contributed by atoms with Crippen molar-refractivity contribution in [3.63, 3.8) is 0 Å². The van der Waals surface area contributed by atoms with Crippen molar-refractivity contribution in [3.8, 4) is 5.69 Å². The summed E-state index contributed by atoms with van der Waals surface area (Å²) in [7, 11) is 0. The number of likely N-dealkylation sites (tertiary alicyclic amines) is 1. The molecule has 1 aliphatic heterocycles. The first kappa shape index (κ1) is 18.0. The number of amides is 2. The third-order valence-corrected chi connectivity index (χ3v) is 5.82. The molecule has 2 aliphatic rings. The second-order valence-electron chi connectivity index (χ2n) is 7.81. The molecule has 29 heavy (non-hydrogen) atoms. The first-order valence-electron chi connectivity index (χ1n) is 9.92. The van der Waals surface area contributed by atoms with E-state index in [1.807, 2.05) is 6.20 Å². The van der Waals surface area contributed by atoms with Gasteiger partial charge < -0.3 is 10.2 Å². The Labute approximate surface area is 166 Å². The van der Waals surface area contributed by atoms with E-state index in [4.69, 9.17) is 0 Å². The molecule has 6 nitrogen and oxygen atoms in total. The van der Waals surface area contributed by atoms with Crippen molar-refractivity contribution in [2.45, 2.75) is 37.8 Å². The SMILES string of the molecule is O=C(Nc1ccc(F)c(-n2cc3cc(C4CCC4)cnc3n2)c1)N1CCC(F)C1. The number of hydrogen-bond donors (Lipinski definition) is 1. The van der Waals surface area contributed by atoms with E-state index in [1.165, 1.54) is 52.6 Å². The third-order valence-electron chi connectivity index (χ3n) is 5.82. The molecule has 1 atom stereocenters. The number of rotatable bonds is 3. The number of anilines is 1. The fourth-order valence-electron chi connectivity index (χ4n) is 3.89. The van der Waals surface area contributed by atoms with Crippen molar-refractivity contribution in [2.75, 3.05) is 18.4 Å². The minimum absolute atomic E-state index is 0.0828. The summed E-state index contributed by atoms with van der Waals surface area (Å²) in [5, 5.41) is 7.96. The number of aromatic nitrogens is 3. The minimum Gasteiger partial charge on any atom is -0.322 e. The van der Waals surface area contributed by atoms with Gasteiger partial charge in [0.15, 0.2) is 5.65 Å². The molecule has 2 amide bonds. The van der Waals surface area contributed by atoms with Crippen LogP contribution in [0.1, 0.15) is 37.2 Å². The maximum atomic E-state index is 14.5. The predicted molar refractivity (Wildman–Crippen MR) is 106 cm³/mol. The van der Waals surface area contributed by atoms with Gasteiger partial charge in [0.2, 0.25) is 0 Å². The molecule has 2 aromatic heterocycles. The molecule has 1 N–H and O–H groups in total. The number of hydrogen-bond acceptors (Lipinski definition) is 3. The van der Waals surface area contributed by atoms with E-state index in [0.717, 1.165) is 5.39 Å². The number of benzene rings is 1. The quantitative estimate of drug-likeness (QED) is 0.712. The summed E-state index contributed by atoms with van der Waals surface area (Å²) in [6, 6.07) is 5.97. The number of carbonyl (C=O) groups is 1. The van der Waals surface area contributed by atoms with Gasteiger partial charge in [-0.15, -0.1) is 5.10 Å². The molecule has 1 saturated heterocycles. The minimum atomic E-state index is -0.988. The largest absolute Gasteiger partial charge is 0.322 e. The molecule has 2 fully saturated rings. The fourth-order valence-corrected chi connectivity index (χ4v) is 3.89. The van der Waals surface area contributed by atoms with Gasteiger partial charge >= 0.3 is 6.03 Å². The maximum absolute atomic E-state index is 14.5. The van der Waals surface area contributed by atoms with Crippen LogP contribution >= 0.6 is 0 Å². The lowest BCUT2D eigenvalue weighted by Gasteiger charge is -2.25. The summed E-state index contributed by atoms with van der Waals surface area (Å²) in [5.41, 5.74) is 2.39. The number of halogens is 2. The van der Waals surface area contributed by atoms with Gasteiger partial charge in [-0.25, -0.2) is 23.2 Å². The Morgan fingerprint density at radius 3 is 2.79 bits per heavy atom. The number of nitrogens with one attached hydrogen (secondary N) is 1. The van der Waals surface area contributed by atoms with Crippen LogP contribution in [0, 0.1) is 5.82 Å². The van der Waals surface area contributed by atoms with Gasteiger partial charge in [-0.2, -0.15) is 0 Å². The molecule has 1 aromatic carbocycles. The standard InChI is InChI=1S/C21H21F2N5O/c22-16-6-7-27(12-16)21(29)25-17-4-5-18(23)19(9-17)28-11-15-8-14(13-2-1-3-13)10-24-20(15)26-28/h4-5,8-11,13,16H,1-3,6-7,12H2,(H,25,29). The van der Waals surface area contributed by atoms with Crippen LogP contribution in [0.2, 0.25) is 0 Å². The van der Waals surface area contributed by atoms with E-state index in [1.54, 1.807) is 6.20 Å². The Morgan fingerprint density at radius 1 is 1.21 bits per heavy atom. The summed E-state index contributed by atoms with van der Waals surface area (Å²) >= 11 is 0. The van der Waals surface area contributed by atoms with Crippen LogP contribution in [0.4, 0.5) is 19.3 Å². The normalized spacial score (nSPS) is 19.5. The summed E-state index contributed by atoms with van der Waals surface area (Å²) in [5.74, 6) is 0.0973. The van der Waals surface area contributed by atoms with Crippen LogP contribution < -0.4 is 5.32 Å². The molecule has 0 spiro atoms. The maximum Gasteiger partial charge on any atom is 0.321 e. The summed E-state index contributed by atoms with van der Waals surface area (Å²) < 4.78 is 29.3. The Balaban J connectivity index is 1.41. The van der Waals surface area contributed by atoms with Crippen LogP contribution in [0.5, 0.6) is 0 Å². The molecule has 0 radical (unpaired) electrons. The lowest BCUT2D eigenvalue weighted by molar-refractivity contribution is 0.218. The van der Waals surface area contributed by atoms with Crippen molar-refractivity contribution in [3.05, 3.63) is 48.0 Å². The van der Waals surface area contributed by atoms with Gasteiger partial charge in [-0.3, -0.25) is 0 Å². The van der Waals surface area contributed by atoms with Crippen molar-refractivity contribution in [1.82, 2.24) is 19.7 Å². The zero-order valence-electron chi connectivity index (χ0n) is 15.8. The predicted octanol–water partition coefficient (Wildman–Crippen LogP) is 4.40. The number of carbonyl (C=O) groups excluding carboxylic acids is 1. The van der Waals surface area contributed by atoms with Crippen molar-refractivity contribution < 1.29 is 13.6 Å². The van der Waals surface area contributed by atoms with E-state index in [-0.39, 0.29) is 18.3 Å². The van der Waals surface area contributed by atoms with Crippen LogP contribution in [0.15, 0.2) is 36.7 Å². The molecule has 1 saturated carbocycles. The number of pyridine rings is 1. The van der Waals surface area contributed by atoms with Gasteiger partial charge in [-0.1, -0.05) is 6.42 Å². The second kappa shape index (κ2) is 7.09. The number of nitrogens with zero attached hydrogens (tertiary/aromatic N) is 4. The number of fused-ring (bicyclic) bond motifs is 1. The Hall–Kier alpha value is -3.03. The molecular formula is C21H21F2N5O. The third kappa shape index (κ3) is 3.43. The van der Waals surface area contributed by atoms with E-state index < -0.39 is 12.0 Å². The molecule has 1 aliphatic carbocycles. The van der Waals surface area contributed by atoms with Crippen LogP contribution in [-0.4, -0.2) is 45.0 Å². The molecule has 3 heterocycles. The smallest absolute Gasteiger partial charge is 0.321 e. The lowest BCUT2D eigenvalue weighted by Crippen LogP contribution is -2.33. The highest BCUT2D eigenvalue weighted by atomic mass is 19.1. The van der Waals surface area contributed by atoms with Gasteiger partial charge in [0, 0.05) is 30.0 Å². The fraction of sp³-hybridized carbons (Fsp3) is 0.381. The monoisotopic (exact) mass is 397 g/mol. The van der Waals surface area contributed by atoms with E-state index in [0.29, 0.717) is 30.2 Å². The summed E-state index contributed by atoms with van der Waals surface area (Å²) in [4.78, 5) is 18.1. The Kier molecular flexibility index (Phi) is 4.41. The van der Waals surface area contributed by atoms with Crippen LogP contribution in [0.25, 0.3) is 16.7 Å². The number of urea groups is 1. The van der Waals surface area contributed by atoms with E-state index >= 15 is 0 Å². The second-order valence-corrected chi connectivity index (χ2v) is 7.81. The molecule has 150 valence electrons. The first-order chi connectivity index (χ1) is 14.1. The molecule has 3 aromatic rings. The average Bonchev–Trinajstić information content (AvgIpc) is 3.27. The summed E-state index contributed by atoms with van der Waals surface area (Å²) in [6.07, 6.45) is 6.56.